The normalized spacial score (nSPS) is 21.7. The Morgan fingerprint density at radius 3 is 2.88 bits per heavy atom. The van der Waals surface area contributed by atoms with Crippen LogP contribution in [0.15, 0.2) is 59.5 Å². The number of hydrogen-bond acceptors (Lipinski definition) is 5. The summed E-state index contributed by atoms with van der Waals surface area (Å²) in [5.74, 6) is 2.00. The summed E-state index contributed by atoms with van der Waals surface area (Å²) in [5.41, 5.74) is 3.66. The molecule has 3 heterocycles. The first kappa shape index (κ1) is 16.9. The van der Waals surface area contributed by atoms with Gasteiger partial charge in [-0.1, -0.05) is 25.1 Å². The van der Waals surface area contributed by atoms with Gasteiger partial charge in [0.2, 0.25) is 0 Å². The average molecular weight is 349 g/mol. The smallest absolute Gasteiger partial charge is 0.135 e. The number of aliphatic imine (C=N–C) groups is 1. The second kappa shape index (κ2) is 7.79. The highest BCUT2D eigenvalue weighted by Crippen LogP contribution is 2.27. The average Bonchev–Trinajstić information content (AvgIpc) is 3.19. The Labute approximate surface area is 155 Å². The summed E-state index contributed by atoms with van der Waals surface area (Å²) < 4.78 is 0. The molecule has 1 aromatic rings. The number of amidine groups is 1. The van der Waals surface area contributed by atoms with E-state index in [1.165, 1.54) is 23.2 Å². The maximum absolute atomic E-state index is 4.85. The molecule has 0 aromatic heterocycles. The first-order valence-electron chi connectivity index (χ1n) is 9.58. The predicted molar refractivity (Wildman–Crippen MR) is 109 cm³/mol. The third-order valence-corrected chi connectivity index (χ3v) is 4.96. The molecule has 5 heteroatoms. The number of benzene rings is 1. The maximum Gasteiger partial charge on any atom is 0.135 e. The molecule has 136 valence electrons. The number of allylic oxidation sites excluding steroid dienone is 2. The molecule has 0 saturated carbocycles. The minimum Gasteiger partial charge on any atom is -0.381 e. The van der Waals surface area contributed by atoms with Crippen molar-refractivity contribution >= 4 is 17.1 Å². The van der Waals surface area contributed by atoms with Crippen LogP contribution in [-0.4, -0.2) is 43.0 Å². The lowest BCUT2D eigenvalue weighted by molar-refractivity contribution is 0.607. The number of hydrogen-bond donors (Lipinski definition) is 3. The molecule has 3 aliphatic heterocycles. The molecule has 0 amide bonds. The standard InChI is InChI=1S/C21H27N5/c1-2-11-23-21-19(15-26-13-4-3-5-20(26)25-21)16-6-8-17(9-7-16)24-18-10-12-22-14-18/h3-9,13,18,22-24H,2,10-12,14-15H2,1H3. The van der Waals surface area contributed by atoms with Crippen LogP contribution in [0.5, 0.6) is 0 Å². The molecule has 3 N–H and O–H groups in total. The van der Waals surface area contributed by atoms with Crippen molar-refractivity contribution in [2.24, 2.45) is 4.99 Å². The van der Waals surface area contributed by atoms with E-state index in [9.17, 15) is 0 Å². The van der Waals surface area contributed by atoms with Crippen molar-refractivity contribution < 1.29 is 0 Å². The summed E-state index contributed by atoms with van der Waals surface area (Å²) in [6.45, 7) is 6.10. The Kier molecular flexibility index (Phi) is 5.07. The van der Waals surface area contributed by atoms with Gasteiger partial charge in [-0.2, -0.15) is 0 Å². The van der Waals surface area contributed by atoms with E-state index in [2.05, 4.69) is 70.4 Å². The lowest BCUT2D eigenvalue weighted by Crippen LogP contribution is -2.33. The van der Waals surface area contributed by atoms with Gasteiger partial charge in [-0.15, -0.1) is 0 Å². The van der Waals surface area contributed by atoms with Crippen LogP contribution < -0.4 is 16.0 Å². The molecule has 1 fully saturated rings. The first-order valence-corrected chi connectivity index (χ1v) is 9.58. The summed E-state index contributed by atoms with van der Waals surface area (Å²) >= 11 is 0. The third kappa shape index (κ3) is 3.68. The van der Waals surface area contributed by atoms with E-state index in [0.29, 0.717) is 6.04 Å². The zero-order valence-electron chi connectivity index (χ0n) is 15.3. The molecule has 0 bridgehead atoms. The van der Waals surface area contributed by atoms with Gasteiger partial charge >= 0.3 is 0 Å². The molecule has 1 atom stereocenters. The van der Waals surface area contributed by atoms with Gasteiger partial charge in [0, 0.05) is 36.6 Å². The van der Waals surface area contributed by atoms with E-state index in [1.54, 1.807) is 0 Å². The largest absolute Gasteiger partial charge is 0.381 e. The van der Waals surface area contributed by atoms with E-state index in [0.717, 1.165) is 44.3 Å². The fourth-order valence-corrected chi connectivity index (χ4v) is 3.53. The Balaban J connectivity index is 1.57. The summed E-state index contributed by atoms with van der Waals surface area (Å²) in [4.78, 5) is 7.05. The quantitative estimate of drug-likeness (QED) is 0.739. The van der Waals surface area contributed by atoms with Crippen LogP contribution in [0.2, 0.25) is 0 Å². The number of nitrogens with one attached hydrogen (secondary N) is 3. The second-order valence-electron chi connectivity index (χ2n) is 6.96. The van der Waals surface area contributed by atoms with Crippen LogP contribution in [-0.2, 0) is 0 Å². The number of rotatable bonds is 6. The monoisotopic (exact) mass is 349 g/mol. The lowest BCUT2D eigenvalue weighted by atomic mass is 10.0. The molecular weight excluding hydrogens is 322 g/mol. The van der Waals surface area contributed by atoms with Crippen LogP contribution in [0.1, 0.15) is 25.3 Å². The molecule has 5 nitrogen and oxygen atoms in total. The van der Waals surface area contributed by atoms with Gasteiger partial charge in [-0.05, 0) is 49.2 Å². The minimum atomic E-state index is 0.536. The molecule has 4 rings (SSSR count). The predicted octanol–water partition coefficient (Wildman–Crippen LogP) is 2.93. The van der Waals surface area contributed by atoms with Crippen molar-refractivity contribution in [3.05, 3.63) is 60.1 Å². The second-order valence-corrected chi connectivity index (χ2v) is 6.96. The number of fused-ring (bicyclic) bond motifs is 1. The van der Waals surface area contributed by atoms with Crippen molar-refractivity contribution in [2.75, 3.05) is 31.5 Å². The fraction of sp³-hybridized carbons (Fsp3) is 0.381. The molecule has 1 saturated heterocycles. The van der Waals surface area contributed by atoms with Gasteiger partial charge < -0.3 is 20.9 Å². The van der Waals surface area contributed by atoms with Crippen LogP contribution >= 0.6 is 0 Å². The van der Waals surface area contributed by atoms with Crippen molar-refractivity contribution in [1.29, 1.82) is 0 Å². The Morgan fingerprint density at radius 2 is 2.12 bits per heavy atom. The Hall–Kier alpha value is -2.53. The van der Waals surface area contributed by atoms with E-state index in [-0.39, 0.29) is 0 Å². The zero-order valence-corrected chi connectivity index (χ0v) is 15.3. The van der Waals surface area contributed by atoms with E-state index >= 15 is 0 Å². The van der Waals surface area contributed by atoms with Crippen molar-refractivity contribution in [2.45, 2.75) is 25.8 Å². The van der Waals surface area contributed by atoms with E-state index in [1.807, 2.05) is 6.08 Å². The van der Waals surface area contributed by atoms with Crippen molar-refractivity contribution in [3.8, 4) is 0 Å². The Bertz CT molecular complexity index is 751. The van der Waals surface area contributed by atoms with Gasteiger partial charge in [0.15, 0.2) is 0 Å². The maximum atomic E-state index is 4.85. The third-order valence-electron chi connectivity index (χ3n) is 4.96. The molecular formula is C21H27N5. The fourth-order valence-electron chi connectivity index (χ4n) is 3.53. The summed E-state index contributed by atoms with van der Waals surface area (Å²) in [7, 11) is 0. The van der Waals surface area contributed by atoms with Crippen LogP contribution in [0, 0.1) is 0 Å². The molecule has 26 heavy (non-hydrogen) atoms. The van der Waals surface area contributed by atoms with Gasteiger partial charge in [0.1, 0.15) is 11.7 Å². The summed E-state index contributed by atoms with van der Waals surface area (Å²) in [6, 6.07) is 9.32. The molecule has 1 aromatic carbocycles. The highest BCUT2D eigenvalue weighted by molar-refractivity contribution is 5.98. The van der Waals surface area contributed by atoms with Gasteiger partial charge in [0.05, 0.1) is 6.54 Å². The molecule has 3 aliphatic rings. The Morgan fingerprint density at radius 1 is 1.23 bits per heavy atom. The molecule has 1 unspecified atom stereocenters. The molecule has 0 aliphatic carbocycles. The van der Waals surface area contributed by atoms with Gasteiger partial charge in [0.25, 0.3) is 0 Å². The summed E-state index contributed by atoms with van der Waals surface area (Å²) in [5, 5.41) is 10.5. The van der Waals surface area contributed by atoms with Gasteiger partial charge in [-0.25, -0.2) is 4.99 Å². The zero-order chi connectivity index (χ0) is 17.8. The highest BCUT2D eigenvalue weighted by Gasteiger charge is 2.21. The van der Waals surface area contributed by atoms with E-state index < -0.39 is 0 Å². The van der Waals surface area contributed by atoms with Crippen LogP contribution in [0.3, 0.4) is 0 Å². The SMILES string of the molecule is CCCNC1=C(c2ccc(NC3CCNC3)cc2)CN2C=CC=CC2=N1. The molecule has 0 radical (unpaired) electrons. The van der Waals surface area contributed by atoms with Crippen molar-refractivity contribution in [3.63, 3.8) is 0 Å². The minimum absolute atomic E-state index is 0.536. The summed E-state index contributed by atoms with van der Waals surface area (Å²) in [6.07, 6.45) is 10.5. The topological polar surface area (TPSA) is 51.7 Å². The highest BCUT2D eigenvalue weighted by atomic mass is 15.2. The lowest BCUT2D eigenvalue weighted by Gasteiger charge is -2.30. The van der Waals surface area contributed by atoms with E-state index in [4.69, 9.17) is 4.99 Å². The number of nitrogens with zero attached hydrogens (tertiary/aromatic N) is 2. The van der Waals surface area contributed by atoms with Crippen molar-refractivity contribution in [1.82, 2.24) is 15.5 Å². The van der Waals surface area contributed by atoms with Crippen LogP contribution in [0.4, 0.5) is 5.69 Å². The molecule has 0 spiro atoms. The first-order chi connectivity index (χ1) is 12.8. The van der Waals surface area contributed by atoms with Gasteiger partial charge in [-0.3, -0.25) is 0 Å². The number of anilines is 1. The van der Waals surface area contributed by atoms with Crippen LogP contribution in [0.25, 0.3) is 5.57 Å².